The molecule has 1 unspecified atom stereocenters. The molecule has 6 heteroatoms. The monoisotopic (exact) mass is 329 g/mol. The van der Waals surface area contributed by atoms with Gasteiger partial charge in [0.25, 0.3) is 5.91 Å². The van der Waals surface area contributed by atoms with Crippen LogP contribution in [0.2, 0.25) is 0 Å². The maximum Gasteiger partial charge on any atom is 0.326 e. The molecule has 1 heterocycles. The lowest BCUT2D eigenvalue weighted by atomic mass is 10.0. The number of ketones is 1. The molecule has 0 bridgehead atoms. The fourth-order valence-electron chi connectivity index (χ4n) is 2.21. The minimum absolute atomic E-state index is 0.0329. The first kappa shape index (κ1) is 17.5. The van der Waals surface area contributed by atoms with E-state index in [9.17, 15) is 14.4 Å². The predicted molar refractivity (Wildman–Crippen MR) is 87.9 cm³/mol. The molecule has 1 aromatic heterocycles. The van der Waals surface area contributed by atoms with Crippen LogP contribution in [0.1, 0.15) is 41.7 Å². The second-order valence-corrected chi connectivity index (χ2v) is 5.83. The fourth-order valence-corrected chi connectivity index (χ4v) is 2.21. The zero-order valence-corrected chi connectivity index (χ0v) is 13.7. The lowest BCUT2D eigenvalue weighted by Gasteiger charge is -2.16. The van der Waals surface area contributed by atoms with Crippen molar-refractivity contribution in [2.45, 2.75) is 26.8 Å². The van der Waals surface area contributed by atoms with Gasteiger partial charge in [0.1, 0.15) is 11.8 Å². The molecular formula is C18H19NO5. The number of benzene rings is 1. The average Bonchev–Trinajstić information content (AvgIpc) is 3.01. The average molecular weight is 329 g/mol. The van der Waals surface area contributed by atoms with Crippen LogP contribution in [0.4, 0.5) is 0 Å². The molecular weight excluding hydrogens is 310 g/mol. The molecule has 1 atom stereocenters. The first-order chi connectivity index (χ1) is 11.3. The number of rotatable bonds is 6. The van der Waals surface area contributed by atoms with E-state index in [0.717, 1.165) is 5.56 Å². The van der Waals surface area contributed by atoms with Gasteiger partial charge in [-0.2, -0.15) is 0 Å². The summed E-state index contributed by atoms with van der Waals surface area (Å²) >= 11 is 0. The third-order valence-electron chi connectivity index (χ3n) is 3.63. The number of carboxylic acids is 1. The SMILES string of the molecule is CC(=O)c1ccc(-c2ccc(C(=O)NC(C(=O)O)C(C)C)o2)cc1. The molecule has 1 aromatic carbocycles. The van der Waals surface area contributed by atoms with Crippen molar-refractivity contribution >= 4 is 17.7 Å². The number of carbonyl (C=O) groups excluding carboxylic acids is 2. The van der Waals surface area contributed by atoms with Crippen LogP contribution in [0.15, 0.2) is 40.8 Å². The van der Waals surface area contributed by atoms with Crippen LogP contribution >= 0.6 is 0 Å². The van der Waals surface area contributed by atoms with Gasteiger partial charge in [-0.15, -0.1) is 0 Å². The maximum atomic E-state index is 12.1. The van der Waals surface area contributed by atoms with Crippen molar-refractivity contribution < 1.29 is 23.9 Å². The van der Waals surface area contributed by atoms with Crippen molar-refractivity contribution in [3.63, 3.8) is 0 Å². The van der Waals surface area contributed by atoms with Crippen molar-refractivity contribution in [1.82, 2.24) is 5.32 Å². The molecule has 0 fully saturated rings. The molecule has 2 aromatic rings. The zero-order chi connectivity index (χ0) is 17.9. The number of amides is 1. The molecule has 0 aliphatic carbocycles. The Bertz CT molecular complexity index is 758. The predicted octanol–water partition coefficient (Wildman–Crippen LogP) is 2.99. The summed E-state index contributed by atoms with van der Waals surface area (Å²) < 4.78 is 5.50. The highest BCUT2D eigenvalue weighted by molar-refractivity contribution is 5.95. The maximum absolute atomic E-state index is 12.1. The minimum atomic E-state index is -1.09. The molecule has 24 heavy (non-hydrogen) atoms. The van der Waals surface area contributed by atoms with Crippen LogP contribution in [0.5, 0.6) is 0 Å². The molecule has 0 aliphatic heterocycles. The van der Waals surface area contributed by atoms with E-state index in [1.54, 1.807) is 44.2 Å². The first-order valence-electron chi connectivity index (χ1n) is 7.54. The van der Waals surface area contributed by atoms with Gasteiger partial charge in [0, 0.05) is 11.1 Å². The topological polar surface area (TPSA) is 96.6 Å². The van der Waals surface area contributed by atoms with E-state index in [0.29, 0.717) is 11.3 Å². The third-order valence-corrected chi connectivity index (χ3v) is 3.63. The Labute approximate surface area is 139 Å². The number of Topliss-reactive ketones (excluding diaryl/α,β-unsaturated/α-hetero) is 1. The smallest absolute Gasteiger partial charge is 0.326 e. The number of furan rings is 1. The summed E-state index contributed by atoms with van der Waals surface area (Å²) in [5.74, 6) is -1.46. The standard InChI is InChI=1S/C18H19NO5/c1-10(2)16(18(22)23)19-17(21)15-9-8-14(24-15)13-6-4-12(5-7-13)11(3)20/h4-10,16H,1-3H3,(H,19,21)(H,22,23). The Hall–Kier alpha value is -2.89. The Morgan fingerprint density at radius 1 is 1.04 bits per heavy atom. The second-order valence-electron chi connectivity index (χ2n) is 5.83. The van der Waals surface area contributed by atoms with Gasteiger partial charge >= 0.3 is 5.97 Å². The summed E-state index contributed by atoms with van der Waals surface area (Å²) in [6.45, 7) is 4.91. The van der Waals surface area contributed by atoms with E-state index < -0.39 is 17.9 Å². The summed E-state index contributed by atoms with van der Waals surface area (Å²) in [7, 11) is 0. The lowest BCUT2D eigenvalue weighted by Crippen LogP contribution is -2.44. The molecule has 0 spiro atoms. The van der Waals surface area contributed by atoms with Gasteiger partial charge in [0.2, 0.25) is 0 Å². The number of nitrogens with one attached hydrogen (secondary N) is 1. The summed E-state index contributed by atoms with van der Waals surface area (Å²) in [5.41, 5.74) is 1.31. The van der Waals surface area contributed by atoms with E-state index in [-0.39, 0.29) is 17.5 Å². The summed E-state index contributed by atoms with van der Waals surface area (Å²) in [5, 5.41) is 11.6. The van der Waals surface area contributed by atoms with Crippen molar-refractivity contribution in [2.24, 2.45) is 5.92 Å². The zero-order valence-electron chi connectivity index (χ0n) is 13.7. The van der Waals surface area contributed by atoms with Gasteiger partial charge in [-0.3, -0.25) is 9.59 Å². The highest BCUT2D eigenvalue weighted by Crippen LogP contribution is 2.23. The molecule has 1 amide bonds. The van der Waals surface area contributed by atoms with Crippen LogP contribution in [0.25, 0.3) is 11.3 Å². The molecule has 2 rings (SSSR count). The number of carboxylic acid groups (broad SMARTS) is 1. The van der Waals surface area contributed by atoms with Gasteiger partial charge in [0.05, 0.1) is 0 Å². The fraction of sp³-hybridized carbons (Fsp3) is 0.278. The number of hydrogen-bond acceptors (Lipinski definition) is 4. The van der Waals surface area contributed by atoms with Crippen molar-refractivity contribution in [1.29, 1.82) is 0 Å². The second kappa shape index (κ2) is 7.12. The van der Waals surface area contributed by atoms with Crippen LogP contribution in [-0.2, 0) is 4.79 Å². The third kappa shape index (κ3) is 3.90. The van der Waals surface area contributed by atoms with Crippen molar-refractivity contribution in [3.8, 4) is 11.3 Å². The Morgan fingerprint density at radius 2 is 1.67 bits per heavy atom. The molecule has 126 valence electrons. The molecule has 6 nitrogen and oxygen atoms in total. The number of carbonyl (C=O) groups is 3. The Balaban J connectivity index is 2.16. The quantitative estimate of drug-likeness (QED) is 0.794. The summed E-state index contributed by atoms with van der Waals surface area (Å²) in [4.78, 5) is 34.6. The lowest BCUT2D eigenvalue weighted by molar-refractivity contribution is -0.140. The summed E-state index contributed by atoms with van der Waals surface area (Å²) in [6, 6.07) is 8.95. The van der Waals surface area contributed by atoms with Crippen molar-refractivity contribution in [3.05, 3.63) is 47.7 Å². The van der Waals surface area contributed by atoms with Gasteiger partial charge in [0.15, 0.2) is 11.5 Å². The molecule has 0 saturated heterocycles. The van der Waals surface area contributed by atoms with E-state index >= 15 is 0 Å². The van der Waals surface area contributed by atoms with Gasteiger partial charge in [-0.25, -0.2) is 4.79 Å². The highest BCUT2D eigenvalue weighted by Gasteiger charge is 2.25. The molecule has 2 N–H and O–H groups in total. The molecule has 0 aliphatic rings. The van der Waals surface area contributed by atoms with E-state index in [1.807, 2.05) is 0 Å². The van der Waals surface area contributed by atoms with Crippen molar-refractivity contribution in [2.75, 3.05) is 0 Å². The van der Waals surface area contributed by atoms with E-state index in [4.69, 9.17) is 9.52 Å². The summed E-state index contributed by atoms with van der Waals surface area (Å²) in [6.07, 6.45) is 0. The van der Waals surface area contributed by atoms with Crippen LogP contribution in [-0.4, -0.2) is 28.8 Å². The number of hydrogen-bond donors (Lipinski definition) is 2. The van der Waals surface area contributed by atoms with Crippen LogP contribution in [0.3, 0.4) is 0 Å². The van der Waals surface area contributed by atoms with Gasteiger partial charge in [-0.1, -0.05) is 38.1 Å². The minimum Gasteiger partial charge on any atom is -0.480 e. The van der Waals surface area contributed by atoms with Gasteiger partial charge < -0.3 is 14.8 Å². The van der Waals surface area contributed by atoms with E-state index in [1.165, 1.54) is 13.0 Å². The normalized spacial score (nSPS) is 12.0. The Morgan fingerprint density at radius 3 is 2.17 bits per heavy atom. The first-order valence-corrected chi connectivity index (χ1v) is 7.54. The van der Waals surface area contributed by atoms with Crippen LogP contribution < -0.4 is 5.32 Å². The van der Waals surface area contributed by atoms with E-state index in [2.05, 4.69) is 5.32 Å². The highest BCUT2D eigenvalue weighted by atomic mass is 16.4. The number of aliphatic carboxylic acids is 1. The largest absolute Gasteiger partial charge is 0.480 e. The molecule has 0 radical (unpaired) electrons. The molecule has 0 saturated carbocycles. The Kier molecular flexibility index (Phi) is 5.18. The van der Waals surface area contributed by atoms with Crippen LogP contribution in [0, 0.1) is 5.92 Å². The van der Waals surface area contributed by atoms with Gasteiger partial charge in [-0.05, 0) is 25.0 Å².